The molecule has 154 valence electrons. The van der Waals surface area contributed by atoms with Gasteiger partial charge in [0.05, 0.1) is 4.91 Å². The second-order valence-electron chi connectivity index (χ2n) is 6.95. The SMILES string of the molecule is Cc1cccc(C(=O)NCCN2C(=O)S/C(=C\c3ccc4c(c3)OCO4)C2=O)c1C. The van der Waals surface area contributed by atoms with E-state index < -0.39 is 0 Å². The lowest BCUT2D eigenvalue weighted by molar-refractivity contribution is -0.122. The van der Waals surface area contributed by atoms with Gasteiger partial charge in [-0.3, -0.25) is 19.3 Å². The highest BCUT2D eigenvalue weighted by molar-refractivity contribution is 8.18. The van der Waals surface area contributed by atoms with Crippen LogP contribution in [0.3, 0.4) is 0 Å². The molecule has 0 saturated carbocycles. The van der Waals surface area contributed by atoms with Crippen molar-refractivity contribution in [3.05, 3.63) is 63.6 Å². The number of thioether (sulfide) groups is 1. The summed E-state index contributed by atoms with van der Waals surface area (Å²) in [6, 6.07) is 10.9. The van der Waals surface area contributed by atoms with Crippen molar-refractivity contribution in [2.45, 2.75) is 13.8 Å². The van der Waals surface area contributed by atoms with Gasteiger partial charge < -0.3 is 14.8 Å². The smallest absolute Gasteiger partial charge is 0.293 e. The third kappa shape index (κ3) is 3.91. The van der Waals surface area contributed by atoms with E-state index in [1.165, 1.54) is 0 Å². The molecule has 0 aromatic heterocycles. The number of ether oxygens (including phenoxy) is 2. The van der Waals surface area contributed by atoms with Crippen LogP contribution in [-0.4, -0.2) is 41.8 Å². The van der Waals surface area contributed by atoms with Crippen LogP contribution < -0.4 is 14.8 Å². The quantitative estimate of drug-likeness (QED) is 0.740. The van der Waals surface area contributed by atoms with Gasteiger partial charge in [-0.1, -0.05) is 18.2 Å². The van der Waals surface area contributed by atoms with Crippen molar-refractivity contribution in [3.8, 4) is 11.5 Å². The molecule has 0 spiro atoms. The van der Waals surface area contributed by atoms with E-state index in [-0.39, 0.29) is 36.9 Å². The first-order valence-electron chi connectivity index (χ1n) is 9.43. The number of aryl methyl sites for hydroxylation is 1. The lowest BCUT2D eigenvalue weighted by atomic mass is 10.0. The van der Waals surface area contributed by atoms with E-state index >= 15 is 0 Å². The third-order valence-electron chi connectivity index (χ3n) is 5.04. The molecule has 4 rings (SSSR count). The molecule has 1 saturated heterocycles. The summed E-state index contributed by atoms with van der Waals surface area (Å²) in [5, 5.41) is 2.43. The minimum Gasteiger partial charge on any atom is -0.454 e. The van der Waals surface area contributed by atoms with Gasteiger partial charge in [0, 0.05) is 18.7 Å². The minimum absolute atomic E-state index is 0.111. The number of nitrogens with one attached hydrogen (secondary N) is 1. The molecule has 3 amide bonds. The van der Waals surface area contributed by atoms with Crippen molar-refractivity contribution >= 4 is 34.9 Å². The van der Waals surface area contributed by atoms with Crippen LogP contribution in [0.4, 0.5) is 4.79 Å². The van der Waals surface area contributed by atoms with Gasteiger partial charge in [-0.2, -0.15) is 0 Å². The van der Waals surface area contributed by atoms with Crippen molar-refractivity contribution in [3.63, 3.8) is 0 Å². The molecule has 1 fully saturated rings. The van der Waals surface area contributed by atoms with E-state index in [2.05, 4.69) is 5.32 Å². The molecule has 0 atom stereocenters. The number of hydrogen-bond acceptors (Lipinski definition) is 6. The topological polar surface area (TPSA) is 84.9 Å². The van der Waals surface area contributed by atoms with Crippen LogP contribution in [0, 0.1) is 13.8 Å². The van der Waals surface area contributed by atoms with Crippen LogP contribution in [0.5, 0.6) is 11.5 Å². The second kappa shape index (κ2) is 8.23. The zero-order valence-electron chi connectivity index (χ0n) is 16.6. The Morgan fingerprint density at radius 1 is 1.17 bits per heavy atom. The Balaban J connectivity index is 1.38. The zero-order valence-corrected chi connectivity index (χ0v) is 17.4. The lowest BCUT2D eigenvalue weighted by Gasteiger charge is -2.14. The van der Waals surface area contributed by atoms with Crippen LogP contribution in [-0.2, 0) is 4.79 Å². The van der Waals surface area contributed by atoms with Crippen molar-refractivity contribution in [2.24, 2.45) is 0 Å². The van der Waals surface area contributed by atoms with Crippen LogP contribution in [0.2, 0.25) is 0 Å². The summed E-state index contributed by atoms with van der Waals surface area (Å²) >= 11 is 0.883. The van der Waals surface area contributed by atoms with Gasteiger partial charge in [0.15, 0.2) is 11.5 Å². The van der Waals surface area contributed by atoms with Crippen LogP contribution in [0.25, 0.3) is 6.08 Å². The van der Waals surface area contributed by atoms with E-state index in [9.17, 15) is 14.4 Å². The Hall–Kier alpha value is -3.26. The number of carbonyl (C=O) groups excluding carboxylic acids is 3. The molecular weight excluding hydrogens is 404 g/mol. The monoisotopic (exact) mass is 424 g/mol. The fourth-order valence-electron chi connectivity index (χ4n) is 3.22. The Morgan fingerprint density at radius 3 is 2.80 bits per heavy atom. The summed E-state index contributed by atoms with van der Waals surface area (Å²) in [6.07, 6.45) is 1.65. The fourth-order valence-corrected chi connectivity index (χ4v) is 4.09. The average Bonchev–Trinajstić information content (AvgIpc) is 3.29. The molecule has 8 heteroatoms. The van der Waals surface area contributed by atoms with E-state index in [0.29, 0.717) is 22.0 Å². The highest BCUT2D eigenvalue weighted by Crippen LogP contribution is 2.36. The molecule has 0 aliphatic carbocycles. The highest BCUT2D eigenvalue weighted by atomic mass is 32.2. The maximum absolute atomic E-state index is 12.6. The first-order valence-corrected chi connectivity index (χ1v) is 10.2. The normalized spacial score (nSPS) is 16.5. The standard InChI is InChI=1S/C22H20N2O5S/c1-13-4-3-5-16(14(13)2)20(25)23-8-9-24-21(26)19(30-22(24)27)11-15-6-7-17-18(10-15)29-12-28-17/h3-7,10-11H,8-9,12H2,1-2H3,(H,23,25)/b19-11-. The molecule has 7 nitrogen and oxygen atoms in total. The van der Waals surface area contributed by atoms with E-state index in [4.69, 9.17) is 9.47 Å². The molecule has 0 radical (unpaired) electrons. The number of benzene rings is 2. The van der Waals surface area contributed by atoms with Gasteiger partial charge in [0.1, 0.15) is 0 Å². The van der Waals surface area contributed by atoms with Crippen LogP contribution in [0.1, 0.15) is 27.0 Å². The van der Waals surface area contributed by atoms with E-state index in [1.807, 2.05) is 26.0 Å². The maximum atomic E-state index is 12.6. The van der Waals surface area contributed by atoms with E-state index in [0.717, 1.165) is 33.4 Å². The lowest BCUT2D eigenvalue weighted by Crippen LogP contribution is -2.37. The summed E-state index contributed by atoms with van der Waals surface area (Å²) in [5.41, 5.74) is 3.27. The molecule has 0 bridgehead atoms. The molecule has 30 heavy (non-hydrogen) atoms. The molecule has 2 aromatic rings. The Bertz CT molecular complexity index is 1080. The predicted molar refractivity (Wildman–Crippen MR) is 113 cm³/mol. The Kier molecular flexibility index (Phi) is 5.50. The third-order valence-corrected chi connectivity index (χ3v) is 5.95. The highest BCUT2D eigenvalue weighted by Gasteiger charge is 2.34. The summed E-state index contributed by atoms with van der Waals surface area (Å²) in [6.45, 7) is 4.30. The zero-order chi connectivity index (χ0) is 21.3. The summed E-state index contributed by atoms with van der Waals surface area (Å²) in [5.74, 6) is 0.666. The van der Waals surface area contributed by atoms with Gasteiger partial charge in [-0.05, 0) is 66.6 Å². The maximum Gasteiger partial charge on any atom is 0.293 e. The molecule has 2 aliphatic rings. The van der Waals surface area contributed by atoms with Gasteiger partial charge in [-0.25, -0.2) is 0 Å². The number of amides is 3. The number of rotatable bonds is 5. The second-order valence-corrected chi connectivity index (χ2v) is 7.94. The number of carbonyl (C=O) groups is 3. The first-order chi connectivity index (χ1) is 14.4. The van der Waals surface area contributed by atoms with Gasteiger partial charge in [0.2, 0.25) is 6.79 Å². The molecule has 2 aromatic carbocycles. The Labute approximate surface area is 178 Å². The molecular formula is C22H20N2O5S. The van der Waals surface area contributed by atoms with Gasteiger partial charge >= 0.3 is 0 Å². The number of nitrogens with zero attached hydrogens (tertiary/aromatic N) is 1. The van der Waals surface area contributed by atoms with Crippen molar-refractivity contribution in [1.82, 2.24) is 10.2 Å². The molecule has 1 N–H and O–H groups in total. The summed E-state index contributed by atoms with van der Waals surface area (Å²) in [7, 11) is 0. The van der Waals surface area contributed by atoms with Crippen LogP contribution in [0.15, 0.2) is 41.3 Å². The molecule has 2 aliphatic heterocycles. The first kappa shape index (κ1) is 20.0. The number of imide groups is 1. The van der Waals surface area contributed by atoms with Crippen molar-refractivity contribution in [2.75, 3.05) is 19.9 Å². The van der Waals surface area contributed by atoms with Gasteiger partial charge in [0.25, 0.3) is 17.1 Å². The molecule has 0 unspecified atom stereocenters. The van der Waals surface area contributed by atoms with Crippen molar-refractivity contribution in [1.29, 1.82) is 0 Å². The number of hydrogen-bond donors (Lipinski definition) is 1. The summed E-state index contributed by atoms with van der Waals surface area (Å²) < 4.78 is 10.6. The fraction of sp³-hybridized carbons (Fsp3) is 0.227. The van der Waals surface area contributed by atoms with Crippen molar-refractivity contribution < 1.29 is 23.9 Å². The Morgan fingerprint density at radius 2 is 1.97 bits per heavy atom. The number of fused-ring (bicyclic) bond motifs is 1. The van der Waals surface area contributed by atoms with E-state index in [1.54, 1.807) is 30.3 Å². The average molecular weight is 424 g/mol. The largest absolute Gasteiger partial charge is 0.454 e. The van der Waals surface area contributed by atoms with Crippen LogP contribution >= 0.6 is 11.8 Å². The molecule has 2 heterocycles. The summed E-state index contributed by atoms with van der Waals surface area (Å²) in [4.78, 5) is 38.8. The minimum atomic E-state index is -0.372. The predicted octanol–water partition coefficient (Wildman–Crippen LogP) is 3.50. The van der Waals surface area contributed by atoms with Gasteiger partial charge in [-0.15, -0.1) is 0 Å².